The molecular formula is C15H18N2O2. The Morgan fingerprint density at radius 3 is 2.58 bits per heavy atom. The monoisotopic (exact) mass is 258 g/mol. The van der Waals surface area contributed by atoms with Crippen molar-refractivity contribution in [3.05, 3.63) is 35.9 Å². The van der Waals surface area contributed by atoms with Crippen molar-refractivity contribution in [1.29, 1.82) is 0 Å². The molecule has 0 aromatic heterocycles. The fourth-order valence-electron chi connectivity index (χ4n) is 2.83. The number of carbonyl (C=O) groups excluding carboxylic acids is 2. The zero-order valence-corrected chi connectivity index (χ0v) is 10.9. The van der Waals surface area contributed by atoms with Crippen molar-refractivity contribution >= 4 is 11.8 Å². The van der Waals surface area contributed by atoms with Gasteiger partial charge in [0.1, 0.15) is 0 Å². The van der Waals surface area contributed by atoms with E-state index in [2.05, 4.69) is 12.1 Å². The van der Waals surface area contributed by atoms with Crippen LogP contribution in [0.1, 0.15) is 30.9 Å². The molecule has 0 bridgehead atoms. The lowest BCUT2D eigenvalue weighted by atomic mass is 9.94. The third-order valence-electron chi connectivity index (χ3n) is 4.02. The van der Waals surface area contributed by atoms with E-state index < -0.39 is 0 Å². The van der Waals surface area contributed by atoms with Crippen LogP contribution in [0.15, 0.2) is 30.3 Å². The summed E-state index contributed by atoms with van der Waals surface area (Å²) in [5.74, 6) is 0.195. The van der Waals surface area contributed by atoms with Crippen LogP contribution in [0, 0.1) is 0 Å². The van der Waals surface area contributed by atoms with Gasteiger partial charge in [0.2, 0.25) is 11.8 Å². The number of benzene rings is 1. The van der Waals surface area contributed by atoms with Gasteiger partial charge in [-0.1, -0.05) is 30.3 Å². The molecule has 0 radical (unpaired) electrons. The highest BCUT2D eigenvalue weighted by Crippen LogP contribution is 2.33. The Kier molecular flexibility index (Phi) is 3.23. The first-order chi connectivity index (χ1) is 9.25. The maximum Gasteiger partial charge on any atom is 0.242 e. The standard InChI is InChI=1S/C15H18N2O2/c18-14-7-4-9-16(14)11-15(19)17-10-8-13(17)12-5-2-1-3-6-12/h1-3,5-6,13H,4,7-11H2/t13-/m0/s1. The first kappa shape index (κ1) is 12.2. The van der Waals surface area contributed by atoms with Gasteiger partial charge >= 0.3 is 0 Å². The second-order valence-electron chi connectivity index (χ2n) is 5.22. The van der Waals surface area contributed by atoms with Crippen molar-refractivity contribution in [3.8, 4) is 0 Å². The van der Waals surface area contributed by atoms with Gasteiger partial charge in [-0.3, -0.25) is 9.59 Å². The normalized spacial score (nSPS) is 22.5. The average Bonchev–Trinajstić information content (AvgIpc) is 2.75. The molecule has 1 aromatic carbocycles. The SMILES string of the molecule is O=C1CCCN1CC(=O)N1CC[C@H]1c1ccccc1. The van der Waals surface area contributed by atoms with E-state index in [1.54, 1.807) is 4.90 Å². The van der Waals surface area contributed by atoms with E-state index in [-0.39, 0.29) is 24.4 Å². The number of hydrogen-bond acceptors (Lipinski definition) is 2. The molecule has 3 rings (SSSR count). The highest BCUT2D eigenvalue weighted by Gasteiger charge is 2.34. The van der Waals surface area contributed by atoms with Gasteiger partial charge in [-0.05, 0) is 18.4 Å². The van der Waals surface area contributed by atoms with Crippen molar-refractivity contribution in [2.24, 2.45) is 0 Å². The Hall–Kier alpha value is -1.84. The molecule has 2 fully saturated rings. The highest BCUT2D eigenvalue weighted by atomic mass is 16.2. The Labute approximate surface area is 113 Å². The van der Waals surface area contributed by atoms with Crippen LogP contribution in [0.4, 0.5) is 0 Å². The number of carbonyl (C=O) groups is 2. The van der Waals surface area contributed by atoms with Crippen molar-refractivity contribution in [2.75, 3.05) is 19.6 Å². The molecule has 0 N–H and O–H groups in total. The van der Waals surface area contributed by atoms with Gasteiger partial charge in [0.25, 0.3) is 0 Å². The molecule has 2 amide bonds. The highest BCUT2D eigenvalue weighted by molar-refractivity contribution is 5.86. The lowest BCUT2D eigenvalue weighted by molar-refractivity contribution is -0.144. The first-order valence-electron chi connectivity index (χ1n) is 6.88. The average molecular weight is 258 g/mol. The van der Waals surface area contributed by atoms with Crippen LogP contribution in [0.2, 0.25) is 0 Å². The lowest BCUT2D eigenvalue weighted by Gasteiger charge is -2.42. The minimum Gasteiger partial charge on any atom is -0.334 e. The van der Waals surface area contributed by atoms with Crippen molar-refractivity contribution in [3.63, 3.8) is 0 Å². The molecule has 2 heterocycles. The van der Waals surface area contributed by atoms with Crippen LogP contribution in [0.5, 0.6) is 0 Å². The van der Waals surface area contributed by atoms with Crippen LogP contribution in [-0.4, -0.2) is 41.2 Å². The van der Waals surface area contributed by atoms with Gasteiger partial charge in [-0.15, -0.1) is 0 Å². The molecule has 2 saturated heterocycles. The summed E-state index contributed by atoms with van der Waals surface area (Å²) in [6.45, 7) is 1.79. The van der Waals surface area contributed by atoms with Crippen molar-refractivity contribution < 1.29 is 9.59 Å². The van der Waals surface area contributed by atoms with E-state index in [0.29, 0.717) is 6.42 Å². The van der Waals surface area contributed by atoms with E-state index in [1.165, 1.54) is 5.56 Å². The Morgan fingerprint density at radius 2 is 2.00 bits per heavy atom. The summed E-state index contributed by atoms with van der Waals surface area (Å²) in [7, 11) is 0. The molecule has 0 aliphatic carbocycles. The van der Waals surface area contributed by atoms with Gasteiger partial charge in [0, 0.05) is 19.5 Å². The quantitative estimate of drug-likeness (QED) is 0.826. The summed E-state index contributed by atoms with van der Waals surface area (Å²) in [5.41, 5.74) is 1.19. The topological polar surface area (TPSA) is 40.6 Å². The van der Waals surface area contributed by atoms with Crippen LogP contribution in [-0.2, 0) is 9.59 Å². The second kappa shape index (κ2) is 5.03. The molecule has 4 heteroatoms. The van der Waals surface area contributed by atoms with Crippen LogP contribution >= 0.6 is 0 Å². The van der Waals surface area contributed by atoms with Gasteiger partial charge in [0.05, 0.1) is 12.6 Å². The molecule has 4 nitrogen and oxygen atoms in total. The zero-order valence-electron chi connectivity index (χ0n) is 10.9. The maximum absolute atomic E-state index is 12.2. The lowest BCUT2D eigenvalue weighted by Crippen LogP contribution is -2.49. The summed E-state index contributed by atoms with van der Waals surface area (Å²) in [6.07, 6.45) is 2.49. The molecule has 0 spiro atoms. The molecule has 100 valence electrons. The summed E-state index contributed by atoms with van der Waals surface area (Å²) >= 11 is 0. The first-order valence-corrected chi connectivity index (χ1v) is 6.88. The van der Waals surface area contributed by atoms with Gasteiger partial charge in [-0.2, -0.15) is 0 Å². The zero-order chi connectivity index (χ0) is 13.2. The molecule has 0 saturated carbocycles. The number of likely N-dealkylation sites (tertiary alicyclic amines) is 2. The van der Waals surface area contributed by atoms with Gasteiger partial charge in [-0.25, -0.2) is 0 Å². The van der Waals surface area contributed by atoms with Crippen LogP contribution in [0.3, 0.4) is 0 Å². The van der Waals surface area contributed by atoms with Gasteiger partial charge in [0.15, 0.2) is 0 Å². The van der Waals surface area contributed by atoms with Crippen molar-refractivity contribution in [2.45, 2.75) is 25.3 Å². The maximum atomic E-state index is 12.2. The molecule has 0 unspecified atom stereocenters. The third-order valence-corrected chi connectivity index (χ3v) is 4.02. The van der Waals surface area contributed by atoms with E-state index >= 15 is 0 Å². The molecule has 2 aliphatic heterocycles. The van der Waals surface area contributed by atoms with Gasteiger partial charge < -0.3 is 9.80 Å². The molecular weight excluding hydrogens is 240 g/mol. The Balaban J connectivity index is 1.63. The van der Waals surface area contributed by atoms with E-state index in [4.69, 9.17) is 0 Å². The van der Waals surface area contributed by atoms with E-state index in [0.717, 1.165) is 25.9 Å². The Bertz CT molecular complexity index is 486. The number of nitrogens with zero attached hydrogens (tertiary/aromatic N) is 2. The smallest absolute Gasteiger partial charge is 0.242 e. The molecule has 1 aromatic rings. The van der Waals surface area contributed by atoms with E-state index in [9.17, 15) is 9.59 Å². The van der Waals surface area contributed by atoms with Crippen molar-refractivity contribution in [1.82, 2.24) is 9.80 Å². The molecule has 1 atom stereocenters. The summed E-state index contributed by atoms with van der Waals surface area (Å²) in [4.78, 5) is 27.4. The summed E-state index contributed by atoms with van der Waals surface area (Å²) in [5, 5.41) is 0. The minimum atomic E-state index is 0.0790. The second-order valence-corrected chi connectivity index (χ2v) is 5.22. The van der Waals surface area contributed by atoms with Crippen LogP contribution in [0.25, 0.3) is 0 Å². The fraction of sp³-hybridized carbons (Fsp3) is 0.467. The molecule has 19 heavy (non-hydrogen) atoms. The predicted molar refractivity (Wildman–Crippen MR) is 71.3 cm³/mol. The van der Waals surface area contributed by atoms with Crippen LogP contribution < -0.4 is 0 Å². The minimum absolute atomic E-state index is 0.0790. The largest absolute Gasteiger partial charge is 0.334 e. The fourth-order valence-corrected chi connectivity index (χ4v) is 2.83. The predicted octanol–water partition coefficient (Wildman–Crippen LogP) is 1.58. The number of rotatable bonds is 3. The third kappa shape index (κ3) is 2.35. The summed E-state index contributed by atoms with van der Waals surface area (Å²) < 4.78 is 0. The van der Waals surface area contributed by atoms with E-state index in [1.807, 2.05) is 23.1 Å². The molecule has 2 aliphatic rings. The number of amides is 2. The Morgan fingerprint density at radius 1 is 1.21 bits per heavy atom. The summed E-state index contributed by atoms with van der Waals surface area (Å²) in [6, 6.07) is 10.3. The number of hydrogen-bond donors (Lipinski definition) is 0.